The highest BCUT2D eigenvalue weighted by molar-refractivity contribution is 5.99. The van der Waals surface area contributed by atoms with E-state index in [2.05, 4.69) is 5.32 Å². The Morgan fingerprint density at radius 2 is 1.46 bits per heavy atom. The number of carbonyl (C=O) groups is 1. The van der Waals surface area contributed by atoms with Gasteiger partial charge in [-0.05, 0) is 36.4 Å². The first-order valence-corrected chi connectivity index (χ1v) is 7.45. The third-order valence-corrected chi connectivity index (χ3v) is 3.37. The summed E-state index contributed by atoms with van der Waals surface area (Å²) in [6.07, 6.45) is 0. The van der Waals surface area contributed by atoms with Crippen LogP contribution in [0.5, 0.6) is 23.0 Å². The SMILES string of the molecule is COc1ccc(OCCNC(=O)c2c(OC)cccc2OC)cc1. The Morgan fingerprint density at radius 1 is 0.875 bits per heavy atom. The molecule has 2 aromatic carbocycles. The number of carbonyl (C=O) groups excluding carboxylic acids is 1. The molecule has 128 valence electrons. The Morgan fingerprint density at radius 3 is 2.00 bits per heavy atom. The first-order valence-electron chi connectivity index (χ1n) is 7.45. The summed E-state index contributed by atoms with van der Waals surface area (Å²) in [5.74, 6) is 2.12. The lowest BCUT2D eigenvalue weighted by atomic mass is 10.1. The van der Waals surface area contributed by atoms with Gasteiger partial charge in [-0.15, -0.1) is 0 Å². The van der Waals surface area contributed by atoms with Crippen LogP contribution < -0.4 is 24.3 Å². The number of rotatable bonds is 8. The number of methoxy groups -OCH3 is 3. The Balaban J connectivity index is 1.89. The second-order valence-electron chi connectivity index (χ2n) is 4.82. The van der Waals surface area contributed by atoms with E-state index in [1.54, 1.807) is 25.3 Å². The third-order valence-electron chi connectivity index (χ3n) is 3.37. The van der Waals surface area contributed by atoms with E-state index in [9.17, 15) is 4.79 Å². The van der Waals surface area contributed by atoms with E-state index in [0.717, 1.165) is 5.75 Å². The summed E-state index contributed by atoms with van der Waals surface area (Å²) in [6, 6.07) is 12.4. The first-order chi connectivity index (χ1) is 11.7. The molecule has 1 amide bonds. The molecule has 0 bridgehead atoms. The summed E-state index contributed by atoms with van der Waals surface area (Å²) in [4.78, 5) is 12.4. The molecule has 0 heterocycles. The Bertz CT molecular complexity index is 647. The van der Waals surface area contributed by atoms with Gasteiger partial charge in [0.1, 0.15) is 35.2 Å². The second-order valence-corrected chi connectivity index (χ2v) is 4.82. The molecular weight excluding hydrogens is 310 g/mol. The molecule has 1 N–H and O–H groups in total. The van der Waals surface area contributed by atoms with Crippen LogP contribution in [0.25, 0.3) is 0 Å². The fourth-order valence-corrected chi connectivity index (χ4v) is 2.17. The van der Waals surface area contributed by atoms with Gasteiger partial charge >= 0.3 is 0 Å². The van der Waals surface area contributed by atoms with E-state index in [4.69, 9.17) is 18.9 Å². The fourth-order valence-electron chi connectivity index (χ4n) is 2.17. The monoisotopic (exact) mass is 331 g/mol. The third kappa shape index (κ3) is 4.32. The molecule has 24 heavy (non-hydrogen) atoms. The zero-order valence-electron chi connectivity index (χ0n) is 14.0. The second kappa shape index (κ2) is 8.67. The van der Waals surface area contributed by atoms with Gasteiger partial charge < -0.3 is 24.3 Å². The van der Waals surface area contributed by atoms with Gasteiger partial charge in [0.05, 0.1) is 27.9 Å². The van der Waals surface area contributed by atoms with Gasteiger partial charge in [-0.25, -0.2) is 0 Å². The molecule has 0 fully saturated rings. The zero-order valence-corrected chi connectivity index (χ0v) is 14.0. The van der Waals surface area contributed by atoms with Crippen LogP contribution in [-0.2, 0) is 0 Å². The predicted molar refractivity (Wildman–Crippen MR) is 90.4 cm³/mol. The van der Waals surface area contributed by atoms with Crippen LogP contribution in [0.3, 0.4) is 0 Å². The molecule has 0 aliphatic heterocycles. The van der Waals surface area contributed by atoms with Gasteiger partial charge in [-0.2, -0.15) is 0 Å². The van der Waals surface area contributed by atoms with Gasteiger partial charge in [-0.1, -0.05) is 6.07 Å². The van der Waals surface area contributed by atoms with E-state index < -0.39 is 0 Å². The fraction of sp³-hybridized carbons (Fsp3) is 0.278. The summed E-state index contributed by atoms with van der Waals surface area (Å²) in [7, 11) is 4.63. The highest BCUT2D eigenvalue weighted by Gasteiger charge is 2.17. The molecule has 0 unspecified atom stereocenters. The number of hydrogen-bond acceptors (Lipinski definition) is 5. The van der Waals surface area contributed by atoms with Crippen molar-refractivity contribution in [1.29, 1.82) is 0 Å². The van der Waals surface area contributed by atoms with Gasteiger partial charge in [0.15, 0.2) is 0 Å². The van der Waals surface area contributed by atoms with Crippen molar-refractivity contribution < 1.29 is 23.7 Å². The predicted octanol–water partition coefficient (Wildman–Crippen LogP) is 2.52. The van der Waals surface area contributed by atoms with Gasteiger partial charge in [-0.3, -0.25) is 4.79 Å². The molecule has 0 aliphatic carbocycles. The van der Waals surface area contributed by atoms with Crippen LogP contribution in [0.2, 0.25) is 0 Å². The zero-order chi connectivity index (χ0) is 17.4. The lowest BCUT2D eigenvalue weighted by molar-refractivity contribution is 0.0940. The van der Waals surface area contributed by atoms with Crippen molar-refractivity contribution >= 4 is 5.91 Å². The number of amides is 1. The van der Waals surface area contributed by atoms with Crippen LogP contribution in [0.4, 0.5) is 0 Å². The standard InChI is InChI=1S/C18H21NO5/c1-21-13-7-9-14(10-8-13)24-12-11-19-18(20)17-15(22-2)5-4-6-16(17)23-3/h4-10H,11-12H2,1-3H3,(H,19,20). The maximum absolute atomic E-state index is 12.4. The van der Waals surface area contributed by atoms with Crippen molar-refractivity contribution in [2.75, 3.05) is 34.5 Å². The van der Waals surface area contributed by atoms with Crippen LogP contribution in [0.15, 0.2) is 42.5 Å². The molecule has 6 heteroatoms. The average molecular weight is 331 g/mol. The van der Waals surface area contributed by atoms with Crippen molar-refractivity contribution in [1.82, 2.24) is 5.32 Å². The molecule has 0 saturated heterocycles. The van der Waals surface area contributed by atoms with Crippen molar-refractivity contribution in [3.05, 3.63) is 48.0 Å². The van der Waals surface area contributed by atoms with Crippen LogP contribution in [0.1, 0.15) is 10.4 Å². The lowest BCUT2D eigenvalue weighted by Gasteiger charge is -2.13. The highest BCUT2D eigenvalue weighted by Crippen LogP contribution is 2.27. The Kier molecular flexibility index (Phi) is 6.31. The summed E-state index contributed by atoms with van der Waals surface area (Å²) in [5.41, 5.74) is 0.368. The minimum Gasteiger partial charge on any atom is -0.497 e. The summed E-state index contributed by atoms with van der Waals surface area (Å²) in [5, 5.41) is 2.79. The molecular formula is C18H21NO5. The summed E-state index contributed by atoms with van der Waals surface area (Å²) in [6.45, 7) is 0.696. The largest absolute Gasteiger partial charge is 0.497 e. The molecule has 0 radical (unpaired) electrons. The molecule has 2 rings (SSSR count). The smallest absolute Gasteiger partial charge is 0.258 e. The number of hydrogen-bond donors (Lipinski definition) is 1. The van der Waals surface area contributed by atoms with Crippen LogP contribution >= 0.6 is 0 Å². The van der Waals surface area contributed by atoms with E-state index in [-0.39, 0.29) is 5.91 Å². The molecule has 0 aliphatic rings. The normalized spacial score (nSPS) is 9.96. The van der Waals surface area contributed by atoms with E-state index in [0.29, 0.717) is 36.0 Å². The van der Waals surface area contributed by atoms with Crippen molar-refractivity contribution in [3.63, 3.8) is 0 Å². The van der Waals surface area contributed by atoms with E-state index in [1.807, 2.05) is 24.3 Å². The summed E-state index contributed by atoms with van der Waals surface area (Å²) >= 11 is 0. The highest BCUT2D eigenvalue weighted by atomic mass is 16.5. The summed E-state index contributed by atoms with van der Waals surface area (Å²) < 4.78 is 21.1. The van der Waals surface area contributed by atoms with Crippen LogP contribution in [-0.4, -0.2) is 40.4 Å². The topological polar surface area (TPSA) is 66.0 Å². The maximum Gasteiger partial charge on any atom is 0.258 e. The molecule has 0 aromatic heterocycles. The number of benzene rings is 2. The van der Waals surface area contributed by atoms with Crippen molar-refractivity contribution in [2.24, 2.45) is 0 Å². The Labute approximate surface area is 141 Å². The average Bonchev–Trinajstić information content (AvgIpc) is 2.64. The maximum atomic E-state index is 12.4. The number of nitrogens with one attached hydrogen (secondary N) is 1. The quantitative estimate of drug-likeness (QED) is 0.753. The Hall–Kier alpha value is -2.89. The van der Waals surface area contributed by atoms with Crippen LogP contribution in [0, 0.1) is 0 Å². The van der Waals surface area contributed by atoms with Gasteiger partial charge in [0.25, 0.3) is 5.91 Å². The molecule has 2 aromatic rings. The first kappa shape index (κ1) is 17.5. The minimum absolute atomic E-state index is 0.275. The van der Waals surface area contributed by atoms with Crippen molar-refractivity contribution in [3.8, 4) is 23.0 Å². The minimum atomic E-state index is -0.275. The molecule has 0 spiro atoms. The molecule has 0 saturated carbocycles. The molecule has 6 nitrogen and oxygen atoms in total. The van der Waals surface area contributed by atoms with E-state index >= 15 is 0 Å². The van der Waals surface area contributed by atoms with E-state index in [1.165, 1.54) is 14.2 Å². The lowest BCUT2D eigenvalue weighted by Crippen LogP contribution is -2.28. The number of ether oxygens (including phenoxy) is 4. The van der Waals surface area contributed by atoms with Gasteiger partial charge in [0.2, 0.25) is 0 Å². The molecule has 0 atom stereocenters. The van der Waals surface area contributed by atoms with Gasteiger partial charge in [0, 0.05) is 0 Å². The van der Waals surface area contributed by atoms with Crippen molar-refractivity contribution in [2.45, 2.75) is 0 Å².